The summed E-state index contributed by atoms with van der Waals surface area (Å²) in [5.41, 5.74) is 8.84. The third kappa shape index (κ3) is 2.67. The Morgan fingerprint density at radius 1 is 1.27 bits per heavy atom. The molecule has 0 fully saturated rings. The van der Waals surface area contributed by atoms with E-state index in [1.54, 1.807) is 7.11 Å². The van der Waals surface area contributed by atoms with Crippen molar-refractivity contribution in [3.8, 4) is 5.88 Å². The van der Waals surface area contributed by atoms with Crippen molar-refractivity contribution in [1.29, 1.82) is 0 Å². The average molecular weight is 297 g/mol. The Balaban J connectivity index is 1.72. The third-order valence-corrected chi connectivity index (χ3v) is 3.58. The highest BCUT2D eigenvalue weighted by atomic mass is 16.5. The molecule has 2 heterocycles. The molecular formula is C16H19N5O. The largest absolute Gasteiger partial charge is 0.479 e. The highest BCUT2D eigenvalue weighted by Crippen LogP contribution is 2.25. The standard InChI is InChI=1S/C16H19N5O/c1-10-20-15(14(17)16(21-10)22-2)18-8-7-11-9-19-13-6-4-3-5-12(11)13/h3-6,9,19H,7-8,17H2,1-2H3,(H,18,20,21). The summed E-state index contributed by atoms with van der Waals surface area (Å²) >= 11 is 0. The van der Waals surface area contributed by atoms with Crippen molar-refractivity contribution in [2.45, 2.75) is 13.3 Å². The van der Waals surface area contributed by atoms with Crippen molar-refractivity contribution >= 4 is 22.4 Å². The van der Waals surface area contributed by atoms with Gasteiger partial charge in [-0.05, 0) is 25.0 Å². The van der Waals surface area contributed by atoms with Gasteiger partial charge in [0.1, 0.15) is 11.5 Å². The molecule has 6 heteroatoms. The topological polar surface area (TPSA) is 88.9 Å². The lowest BCUT2D eigenvalue weighted by molar-refractivity contribution is 0.398. The first-order chi connectivity index (χ1) is 10.7. The van der Waals surface area contributed by atoms with Crippen LogP contribution in [0, 0.1) is 6.92 Å². The van der Waals surface area contributed by atoms with E-state index in [2.05, 4.69) is 32.4 Å². The fourth-order valence-electron chi connectivity index (χ4n) is 2.50. The van der Waals surface area contributed by atoms with Crippen LogP contribution in [0.5, 0.6) is 5.88 Å². The van der Waals surface area contributed by atoms with Crippen molar-refractivity contribution < 1.29 is 4.74 Å². The van der Waals surface area contributed by atoms with Gasteiger partial charge in [-0.1, -0.05) is 18.2 Å². The number of nitrogens with zero attached hydrogens (tertiary/aromatic N) is 2. The molecule has 0 saturated carbocycles. The quantitative estimate of drug-likeness (QED) is 0.673. The summed E-state index contributed by atoms with van der Waals surface area (Å²) in [4.78, 5) is 11.8. The lowest BCUT2D eigenvalue weighted by atomic mass is 10.1. The van der Waals surface area contributed by atoms with Crippen LogP contribution >= 0.6 is 0 Å². The number of benzene rings is 1. The predicted octanol–water partition coefficient (Wildman–Crippen LogP) is 2.51. The zero-order valence-electron chi connectivity index (χ0n) is 12.7. The van der Waals surface area contributed by atoms with E-state index in [1.165, 1.54) is 10.9 Å². The van der Waals surface area contributed by atoms with Crippen LogP contribution in [-0.4, -0.2) is 28.6 Å². The Bertz CT molecular complexity index is 796. The Hall–Kier alpha value is -2.76. The molecule has 114 valence electrons. The Morgan fingerprint density at radius 2 is 2.09 bits per heavy atom. The molecule has 0 saturated heterocycles. The molecule has 6 nitrogen and oxygen atoms in total. The minimum atomic E-state index is 0.405. The number of aromatic amines is 1. The Labute approximate surface area is 128 Å². The van der Waals surface area contributed by atoms with Crippen LogP contribution in [0.3, 0.4) is 0 Å². The number of hydrogen-bond acceptors (Lipinski definition) is 5. The zero-order chi connectivity index (χ0) is 15.5. The highest BCUT2D eigenvalue weighted by Gasteiger charge is 2.10. The van der Waals surface area contributed by atoms with Crippen molar-refractivity contribution in [1.82, 2.24) is 15.0 Å². The zero-order valence-corrected chi connectivity index (χ0v) is 12.7. The average Bonchev–Trinajstić information content (AvgIpc) is 2.94. The van der Waals surface area contributed by atoms with Gasteiger partial charge in [0.05, 0.1) is 7.11 Å². The summed E-state index contributed by atoms with van der Waals surface area (Å²) < 4.78 is 5.16. The number of aromatic nitrogens is 3. The number of nitrogens with one attached hydrogen (secondary N) is 2. The molecule has 0 amide bonds. The van der Waals surface area contributed by atoms with E-state index in [4.69, 9.17) is 10.5 Å². The first-order valence-corrected chi connectivity index (χ1v) is 7.16. The molecule has 1 aromatic carbocycles. The molecule has 2 aromatic heterocycles. The van der Waals surface area contributed by atoms with Gasteiger partial charge in [-0.2, -0.15) is 4.98 Å². The molecule has 3 aromatic rings. The van der Waals surface area contributed by atoms with Gasteiger partial charge in [-0.15, -0.1) is 0 Å². The second-order valence-corrected chi connectivity index (χ2v) is 5.08. The number of hydrogen-bond donors (Lipinski definition) is 3. The molecule has 0 aliphatic carbocycles. The van der Waals surface area contributed by atoms with Gasteiger partial charge < -0.3 is 20.8 Å². The van der Waals surface area contributed by atoms with Crippen molar-refractivity contribution in [3.63, 3.8) is 0 Å². The molecule has 4 N–H and O–H groups in total. The fourth-order valence-corrected chi connectivity index (χ4v) is 2.50. The van der Waals surface area contributed by atoms with Gasteiger partial charge in [0, 0.05) is 23.6 Å². The van der Waals surface area contributed by atoms with Gasteiger partial charge in [0.25, 0.3) is 0 Å². The lowest BCUT2D eigenvalue weighted by Gasteiger charge is -2.11. The molecule has 0 aliphatic heterocycles. The number of rotatable bonds is 5. The minimum absolute atomic E-state index is 0.405. The summed E-state index contributed by atoms with van der Waals surface area (Å²) in [7, 11) is 1.55. The van der Waals surface area contributed by atoms with E-state index in [0.717, 1.165) is 18.5 Å². The maximum Gasteiger partial charge on any atom is 0.242 e. The van der Waals surface area contributed by atoms with Crippen LogP contribution in [0.25, 0.3) is 10.9 Å². The van der Waals surface area contributed by atoms with Crippen molar-refractivity contribution in [3.05, 3.63) is 41.9 Å². The van der Waals surface area contributed by atoms with Crippen LogP contribution in [0.15, 0.2) is 30.5 Å². The number of H-pyrrole nitrogens is 1. The van der Waals surface area contributed by atoms with Gasteiger partial charge in [-0.25, -0.2) is 4.98 Å². The van der Waals surface area contributed by atoms with Crippen LogP contribution < -0.4 is 15.8 Å². The third-order valence-electron chi connectivity index (χ3n) is 3.58. The fraction of sp³-hybridized carbons (Fsp3) is 0.250. The number of nitrogen functional groups attached to an aromatic ring is 1. The molecule has 22 heavy (non-hydrogen) atoms. The first-order valence-electron chi connectivity index (χ1n) is 7.16. The van der Waals surface area contributed by atoms with Gasteiger partial charge in [-0.3, -0.25) is 0 Å². The van der Waals surface area contributed by atoms with Gasteiger partial charge >= 0.3 is 0 Å². The number of fused-ring (bicyclic) bond motifs is 1. The molecule has 0 atom stereocenters. The summed E-state index contributed by atoms with van der Waals surface area (Å²) in [6, 6.07) is 8.26. The van der Waals surface area contributed by atoms with Crippen LogP contribution in [0.2, 0.25) is 0 Å². The lowest BCUT2D eigenvalue weighted by Crippen LogP contribution is -2.11. The second-order valence-electron chi connectivity index (χ2n) is 5.08. The second kappa shape index (κ2) is 5.93. The van der Waals surface area contributed by atoms with E-state index in [-0.39, 0.29) is 0 Å². The van der Waals surface area contributed by atoms with Crippen molar-refractivity contribution in [2.24, 2.45) is 0 Å². The van der Waals surface area contributed by atoms with Gasteiger partial charge in [0.15, 0.2) is 5.82 Å². The number of aryl methyl sites for hydroxylation is 1. The monoisotopic (exact) mass is 297 g/mol. The summed E-state index contributed by atoms with van der Waals surface area (Å²) in [6.45, 7) is 2.54. The molecule has 3 rings (SSSR count). The van der Waals surface area contributed by atoms with Gasteiger partial charge in [0.2, 0.25) is 5.88 Å². The van der Waals surface area contributed by atoms with E-state index < -0.39 is 0 Å². The number of anilines is 2. The van der Waals surface area contributed by atoms with E-state index in [1.807, 2.05) is 25.3 Å². The van der Waals surface area contributed by atoms with Crippen LogP contribution in [0.4, 0.5) is 11.5 Å². The SMILES string of the molecule is COc1nc(C)nc(NCCc2c[nH]c3ccccc23)c1N. The van der Waals surface area contributed by atoms with Crippen LogP contribution in [-0.2, 0) is 6.42 Å². The molecule has 0 radical (unpaired) electrons. The molecular weight excluding hydrogens is 278 g/mol. The Morgan fingerprint density at radius 3 is 2.91 bits per heavy atom. The molecule has 0 spiro atoms. The predicted molar refractivity (Wildman–Crippen MR) is 88.2 cm³/mol. The first kappa shape index (κ1) is 14.2. The number of para-hydroxylation sites is 1. The maximum atomic E-state index is 5.99. The molecule has 0 bridgehead atoms. The highest BCUT2D eigenvalue weighted by molar-refractivity contribution is 5.83. The summed E-state index contributed by atoms with van der Waals surface area (Å²) in [5.74, 6) is 1.65. The number of ether oxygens (including phenoxy) is 1. The number of methoxy groups -OCH3 is 1. The van der Waals surface area contributed by atoms with E-state index in [0.29, 0.717) is 23.2 Å². The molecule has 0 unspecified atom stereocenters. The van der Waals surface area contributed by atoms with Crippen LogP contribution in [0.1, 0.15) is 11.4 Å². The minimum Gasteiger partial charge on any atom is -0.479 e. The Kier molecular flexibility index (Phi) is 3.82. The van der Waals surface area contributed by atoms with E-state index >= 15 is 0 Å². The smallest absolute Gasteiger partial charge is 0.242 e. The van der Waals surface area contributed by atoms with Crippen molar-refractivity contribution in [2.75, 3.05) is 24.7 Å². The maximum absolute atomic E-state index is 5.99. The number of nitrogens with two attached hydrogens (primary N) is 1. The van der Waals surface area contributed by atoms with E-state index in [9.17, 15) is 0 Å². The summed E-state index contributed by atoms with van der Waals surface area (Å²) in [6.07, 6.45) is 2.91. The molecule has 0 aliphatic rings. The summed E-state index contributed by atoms with van der Waals surface area (Å²) in [5, 5.41) is 4.51. The normalized spacial score (nSPS) is 10.8.